The lowest BCUT2D eigenvalue weighted by Crippen LogP contribution is -2.46. The van der Waals surface area contributed by atoms with Crippen molar-refractivity contribution >= 4 is 11.8 Å². The summed E-state index contributed by atoms with van der Waals surface area (Å²) in [6.07, 6.45) is -2.15. The SMILES string of the molecule is CC(C)(C)OC(=O)NC1CCN(c2c(F)cccc2C(F)F)CC1. The maximum absolute atomic E-state index is 14.0. The number of para-hydroxylation sites is 1. The van der Waals surface area contributed by atoms with Crippen molar-refractivity contribution < 1.29 is 22.7 Å². The van der Waals surface area contributed by atoms with E-state index in [0.29, 0.717) is 25.9 Å². The average molecular weight is 344 g/mol. The normalized spacial score (nSPS) is 16.4. The molecule has 0 saturated carbocycles. The lowest BCUT2D eigenvalue weighted by molar-refractivity contribution is 0.0497. The molecule has 7 heteroatoms. The van der Waals surface area contributed by atoms with Gasteiger partial charge in [0.05, 0.1) is 5.69 Å². The van der Waals surface area contributed by atoms with Crippen LogP contribution in [-0.4, -0.2) is 30.8 Å². The van der Waals surface area contributed by atoms with Crippen molar-refractivity contribution in [3.05, 3.63) is 29.6 Å². The Labute approximate surface area is 140 Å². The number of alkyl carbamates (subject to hydrolysis) is 1. The largest absolute Gasteiger partial charge is 0.444 e. The van der Waals surface area contributed by atoms with E-state index in [1.807, 2.05) is 0 Å². The van der Waals surface area contributed by atoms with Gasteiger partial charge in [-0.05, 0) is 39.7 Å². The second kappa shape index (κ2) is 7.32. The van der Waals surface area contributed by atoms with Gasteiger partial charge in [0.25, 0.3) is 6.43 Å². The summed E-state index contributed by atoms with van der Waals surface area (Å²) in [6, 6.07) is 3.61. The number of carbonyl (C=O) groups is 1. The van der Waals surface area contributed by atoms with Crippen molar-refractivity contribution in [2.24, 2.45) is 0 Å². The van der Waals surface area contributed by atoms with E-state index in [9.17, 15) is 18.0 Å². The lowest BCUT2D eigenvalue weighted by Gasteiger charge is -2.35. The monoisotopic (exact) mass is 344 g/mol. The van der Waals surface area contributed by atoms with E-state index in [-0.39, 0.29) is 17.3 Å². The molecular formula is C17H23F3N2O2. The first-order chi connectivity index (χ1) is 11.2. The number of anilines is 1. The van der Waals surface area contributed by atoms with E-state index >= 15 is 0 Å². The Morgan fingerprint density at radius 3 is 2.46 bits per heavy atom. The van der Waals surface area contributed by atoms with E-state index in [1.165, 1.54) is 18.2 Å². The number of amides is 1. The zero-order valence-corrected chi connectivity index (χ0v) is 14.1. The Morgan fingerprint density at radius 2 is 1.92 bits per heavy atom. The third-order valence-electron chi connectivity index (χ3n) is 3.79. The van der Waals surface area contributed by atoms with Gasteiger partial charge in [0.1, 0.15) is 11.4 Å². The molecule has 1 aromatic rings. The van der Waals surface area contributed by atoms with Crippen LogP contribution in [0.25, 0.3) is 0 Å². The molecule has 1 aliphatic rings. The summed E-state index contributed by atoms with van der Waals surface area (Å²) in [5.74, 6) is -0.647. The van der Waals surface area contributed by atoms with Crippen LogP contribution in [0.15, 0.2) is 18.2 Å². The highest BCUT2D eigenvalue weighted by molar-refractivity contribution is 5.68. The Morgan fingerprint density at radius 1 is 1.29 bits per heavy atom. The van der Waals surface area contributed by atoms with Gasteiger partial charge in [0.15, 0.2) is 0 Å². The van der Waals surface area contributed by atoms with Gasteiger partial charge in [-0.25, -0.2) is 18.0 Å². The second-order valence-electron chi connectivity index (χ2n) is 6.89. The molecule has 0 spiro atoms. The van der Waals surface area contributed by atoms with Crippen LogP contribution in [0.2, 0.25) is 0 Å². The average Bonchev–Trinajstić information content (AvgIpc) is 2.46. The molecule has 0 atom stereocenters. The molecule has 2 rings (SSSR count). The highest BCUT2D eigenvalue weighted by atomic mass is 19.3. The quantitative estimate of drug-likeness (QED) is 0.891. The van der Waals surface area contributed by atoms with Crippen LogP contribution in [0, 0.1) is 5.82 Å². The van der Waals surface area contributed by atoms with E-state index < -0.39 is 23.9 Å². The molecule has 1 amide bonds. The van der Waals surface area contributed by atoms with Gasteiger partial charge in [-0.2, -0.15) is 0 Å². The third kappa shape index (κ3) is 4.79. The van der Waals surface area contributed by atoms with Gasteiger partial charge < -0.3 is 15.0 Å². The van der Waals surface area contributed by atoms with Gasteiger partial charge in [-0.1, -0.05) is 12.1 Å². The Bertz CT molecular complexity index is 580. The van der Waals surface area contributed by atoms with Crippen molar-refractivity contribution in [2.45, 2.75) is 51.7 Å². The fourth-order valence-electron chi connectivity index (χ4n) is 2.76. The minimum Gasteiger partial charge on any atom is -0.444 e. The van der Waals surface area contributed by atoms with Crippen LogP contribution < -0.4 is 10.2 Å². The number of nitrogens with one attached hydrogen (secondary N) is 1. The summed E-state index contributed by atoms with van der Waals surface area (Å²) in [5, 5.41) is 2.77. The zero-order chi connectivity index (χ0) is 17.9. The molecule has 0 unspecified atom stereocenters. The molecule has 0 bridgehead atoms. The summed E-state index contributed by atoms with van der Waals surface area (Å²) in [6.45, 7) is 6.11. The Balaban J connectivity index is 1.98. The van der Waals surface area contributed by atoms with Gasteiger partial charge in [-0.3, -0.25) is 0 Å². The van der Waals surface area contributed by atoms with Crippen molar-refractivity contribution in [1.29, 1.82) is 0 Å². The number of hydrogen-bond acceptors (Lipinski definition) is 3. The van der Waals surface area contributed by atoms with Crippen LogP contribution in [0.3, 0.4) is 0 Å². The van der Waals surface area contributed by atoms with E-state index in [2.05, 4.69) is 5.32 Å². The number of ether oxygens (including phenoxy) is 1. The van der Waals surface area contributed by atoms with Crippen molar-refractivity contribution in [3.63, 3.8) is 0 Å². The van der Waals surface area contributed by atoms with Gasteiger partial charge in [0.2, 0.25) is 0 Å². The number of alkyl halides is 2. The molecule has 0 aliphatic carbocycles. The minimum atomic E-state index is -2.73. The molecule has 1 heterocycles. The molecule has 1 aliphatic heterocycles. The second-order valence-corrected chi connectivity index (χ2v) is 6.89. The number of piperidine rings is 1. The Kier molecular flexibility index (Phi) is 5.62. The smallest absolute Gasteiger partial charge is 0.407 e. The number of rotatable bonds is 3. The number of halogens is 3. The van der Waals surface area contributed by atoms with Crippen LogP contribution in [-0.2, 0) is 4.74 Å². The fourth-order valence-corrected chi connectivity index (χ4v) is 2.76. The maximum Gasteiger partial charge on any atom is 0.407 e. The predicted molar refractivity (Wildman–Crippen MR) is 86.0 cm³/mol. The van der Waals surface area contributed by atoms with Crippen molar-refractivity contribution in [1.82, 2.24) is 5.32 Å². The first-order valence-corrected chi connectivity index (χ1v) is 7.98. The minimum absolute atomic E-state index is 0.0387. The first kappa shape index (κ1) is 18.4. The summed E-state index contributed by atoms with van der Waals surface area (Å²) in [5.41, 5.74) is -0.916. The van der Waals surface area contributed by atoms with Crippen LogP contribution in [0.1, 0.15) is 45.6 Å². The fraction of sp³-hybridized carbons (Fsp3) is 0.588. The van der Waals surface area contributed by atoms with Gasteiger partial charge >= 0.3 is 6.09 Å². The standard InChI is InChI=1S/C17H23F3N2O2/c1-17(2,3)24-16(23)21-11-7-9-22(10-8-11)14-12(15(19)20)5-4-6-13(14)18/h4-6,11,15H,7-10H2,1-3H3,(H,21,23). The molecule has 1 fully saturated rings. The molecule has 4 nitrogen and oxygen atoms in total. The summed E-state index contributed by atoms with van der Waals surface area (Å²) in [7, 11) is 0. The highest BCUT2D eigenvalue weighted by Gasteiger charge is 2.27. The zero-order valence-electron chi connectivity index (χ0n) is 14.1. The molecular weight excluding hydrogens is 321 g/mol. The molecule has 1 aromatic carbocycles. The van der Waals surface area contributed by atoms with Gasteiger partial charge in [0, 0.05) is 24.7 Å². The molecule has 0 aromatic heterocycles. The topological polar surface area (TPSA) is 41.6 Å². The predicted octanol–water partition coefficient (Wildman–Crippen LogP) is 4.26. The number of hydrogen-bond donors (Lipinski definition) is 1. The highest BCUT2D eigenvalue weighted by Crippen LogP contribution is 2.33. The lowest BCUT2D eigenvalue weighted by atomic mass is 10.0. The van der Waals surface area contributed by atoms with Crippen molar-refractivity contribution in [2.75, 3.05) is 18.0 Å². The molecule has 134 valence electrons. The number of carbonyl (C=O) groups excluding carboxylic acids is 1. The summed E-state index contributed by atoms with van der Waals surface area (Å²) >= 11 is 0. The Hall–Kier alpha value is -1.92. The van der Waals surface area contributed by atoms with Crippen LogP contribution >= 0.6 is 0 Å². The summed E-state index contributed by atoms with van der Waals surface area (Å²) < 4.78 is 45.4. The molecule has 0 radical (unpaired) electrons. The van der Waals surface area contributed by atoms with Crippen LogP contribution in [0.5, 0.6) is 0 Å². The maximum atomic E-state index is 14.0. The van der Waals surface area contributed by atoms with E-state index in [0.717, 1.165) is 0 Å². The molecule has 24 heavy (non-hydrogen) atoms. The van der Waals surface area contributed by atoms with Crippen molar-refractivity contribution in [3.8, 4) is 0 Å². The van der Waals surface area contributed by atoms with Crippen LogP contribution in [0.4, 0.5) is 23.7 Å². The molecule has 1 N–H and O–H groups in total. The van der Waals surface area contributed by atoms with E-state index in [1.54, 1.807) is 25.7 Å². The number of nitrogens with zero attached hydrogens (tertiary/aromatic N) is 1. The third-order valence-corrected chi connectivity index (χ3v) is 3.79. The summed E-state index contributed by atoms with van der Waals surface area (Å²) in [4.78, 5) is 13.4. The molecule has 1 saturated heterocycles. The van der Waals surface area contributed by atoms with E-state index in [4.69, 9.17) is 4.74 Å². The van der Waals surface area contributed by atoms with Gasteiger partial charge in [-0.15, -0.1) is 0 Å². The number of benzene rings is 1. The first-order valence-electron chi connectivity index (χ1n) is 7.98.